The molecule has 0 unspecified atom stereocenters. The molecule has 0 aliphatic heterocycles. The van der Waals surface area contributed by atoms with E-state index < -0.39 is 0 Å². The highest BCUT2D eigenvalue weighted by atomic mass is 35.5. The van der Waals surface area contributed by atoms with E-state index in [1.54, 1.807) is 6.92 Å². The van der Waals surface area contributed by atoms with Crippen molar-refractivity contribution >= 4 is 29.0 Å². The molecule has 24 heavy (non-hydrogen) atoms. The Balaban J connectivity index is 2.26. The number of anilines is 1. The third kappa shape index (κ3) is 3.79. The van der Waals surface area contributed by atoms with Crippen LogP contribution in [0.25, 0.3) is 0 Å². The molecule has 0 fully saturated rings. The SMILES string of the molecule is CCOC(=O)c1c(C)[nH]c(/C(C)=N/Nc2ccc(C)c(Cl)c2)c1C. The monoisotopic (exact) mass is 347 g/mol. The van der Waals surface area contributed by atoms with E-state index in [0.717, 1.165) is 33.9 Å². The number of carbonyl (C=O) groups is 1. The molecule has 0 saturated heterocycles. The van der Waals surface area contributed by atoms with E-state index in [1.165, 1.54) is 0 Å². The maximum Gasteiger partial charge on any atom is 0.340 e. The van der Waals surface area contributed by atoms with Crippen LogP contribution < -0.4 is 5.43 Å². The van der Waals surface area contributed by atoms with Gasteiger partial charge in [-0.05, 0) is 57.9 Å². The van der Waals surface area contributed by atoms with Crippen molar-refractivity contribution in [1.29, 1.82) is 0 Å². The Morgan fingerprint density at radius 2 is 2.04 bits per heavy atom. The van der Waals surface area contributed by atoms with Gasteiger partial charge in [0, 0.05) is 10.7 Å². The summed E-state index contributed by atoms with van der Waals surface area (Å²) < 4.78 is 5.11. The van der Waals surface area contributed by atoms with Crippen molar-refractivity contribution in [2.24, 2.45) is 5.10 Å². The average molecular weight is 348 g/mol. The molecule has 0 aliphatic carbocycles. The van der Waals surface area contributed by atoms with E-state index in [4.69, 9.17) is 16.3 Å². The number of hydrazone groups is 1. The molecule has 0 saturated carbocycles. The van der Waals surface area contributed by atoms with Gasteiger partial charge in [-0.3, -0.25) is 5.43 Å². The highest BCUT2D eigenvalue weighted by Crippen LogP contribution is 2.22. The minimum absolute atomic E-state index is 0.318. The van der Waals surface area contributed by atoms with Crippen LogP contribution in [0.2, 0.25) is 5.02 Å². The van der Waals surface area contributed by atoms with E-state index in [-0.39, 0.29) is 5.97 Å². The molecule has 2 aromatic rings. The molecule has 2 N–H and O–H groups in total. The molecule has 0 bridgehead atoms. The molecule has 0 amide bonds. The summed E-state index contributed by atoms with van der Waals surface area (Å²) in [6, 6.07) is 5.66. The topological polar surface area (TPSA) is 66.5 Å². The molecule has 0 atom stereocenters. The minimum Gasteiger partial charge on any atom is -0.462 e. The molecule has 5 nitrogen and oxygen atoms in total. The molecule has 0 radical (unpaired) electrons. The van der Waals surface area contributed by atoms with Crippen molar-refractivity contribution in [2.75, 3.05) is 12.0 Å². The van der Waals surface area contributed by atoms with E-state index >= 15 is 0 Å². The van der Waals surface area contributed by atoms with E-state index in [1.807, 2.05) is 45.9 Å². The van der Waals surface area contributed by atoms with Crippen molar-refractivity contribution < 1.29 is 9.53 Å². The molecule has 0 aliphatic rings. The zero-order valence-corrected chi connectivity index (χ0v) is 15.3. The van der Waals surface area contributed by atoms with Gasteiger partial charge in [0.2, 0.25) is 0 Å². The summed E-state index contributed by atoms with van der Waals surface area (Å²) in [5.74, 6) is -0.318. The Bertz CT molecular complexity index is 794. The van der Waals surface area contributed by atoms with Gasteiger partial charge >= 0.3 is 5.97 Å². The molecule has 2 rings (SSSR count). The number of rotatable bonds is 5. The number of aromatic amines is 1. The number of aryl methyl sites for hydroxylation is 2. The van der Waals surface area contributed by atoms with Crippen molar-refractivity contribution in [3.8, 4) is 0 Å². The number of hydrogen-bond donors (Lipinski definition) is 2. The van der Waals surface area contributed by atoms with Gasteiger partial charge in [-0.25, -0.2) is 4.79 Å². The summed E-state index contributed by atoms with van der Waals surface area (Å²) in [6.45, 7) is 9.69. The number of benzene rings is 1. The van der Waals surface area contributed by atoms with Crippen molar-refractivity contribution in [3.05, 3.63) is 51.3 Å². The molecular formula is C18H22ClN3O2. The standard InChI is InChI=1S/C18H22ClN3O2/c1-6-24-18(23)16-11(3)17(20-12(16)4)13(5)21-22-14-8-7-10(2)15(19)9-14/h7-9,20,22H,6H2,1-5H3/b21-13+. The zero-order chi connectivity index (χ0) is 17.9. The van der Waals surface area contributed by atoms with Crippen molar-refractivity contribution in [2.45, 2.75) is 34.6 Å². The lowest BCUT2D eigenvalue weighted by Crippen LogP contribution is -2.07. The smallest absolute Gasteiger partial charge is 0.340 e. The number of hydrogen-bond acceptors (Lipinski definition) is 4. The Morgan fingerprint density at radius 1 is 1.33 bits per heavy atom. The van der Waals surface area contributed by atoms with Crippen LogP contribution in [0.15, 0.2) is 23.3 Å². The first-order chi connectivity index (χ1) is 11.3. The van der Waals surface area contributed by atoms with Crippen LogP contribution in [0.5, 0.6) is 0 Å². The fraction of sp³-hybridized carbons (Fsp3) is 0.333. The summed E-state index contributed by atoms with van der Waals surface area (Å²) >= 11 is 6.11. The quantitative estimate of drug-likeness (QED) is 0.471. The van der Waals surface area contributed by atoms with Gasteiger partial charge in [-0.2, -0.15) is 5.10 Å². The highest BCUT2D eigenvalue weighted by molar-refractivity contribution is 6.31. The normalized spacial score (nSPS) is 11.5. The minimum atomic E-state index is -0.318. The Kier molecular flexibility index (Phi) is 5.67. The third-order valence-electron chi connectivity index (χ3n) is 3.80. The van der Waals surface area contributed by atoms with Crippen molar-refractivity contribution in [1.82, 2.24) is 4.98 Å². The lowest BCUT2D eigenvalue weighted by atomic mass is 10.1. The van der Waals surface area contributed by atoms with Crippen LogP contribution in [0.3, 0.4) is 0 Å². The predicted molar refractivity (Wildman–Crippen MR) is 98.2 cm³/mol. The Labute approximate surface area is 147 Å². The fourth-order valence-electron chi connectivity index (χ4n) is 2.49. The maximum atomic E-state index is 12.1. The Morgan fingerprint density at radius 3 is 2.67 bits per heavy atom. The van der Waals surface area contributed by atoms with Crippen LogP contribution in [-0.2, 0) is 4.74 Å². The molecule has 1 aromatic carbocycles. The maximum absolute atomic E-state index is 12.1. The average Bonchev–Trinajstić information content (AvgIpc) is 2.83. The van der Waals surface area contributed by atoms with Crippen LogP contribution in [0.1, 0.15) is 46.7 Å². The zero-order valence-electron chi connectivity index (χ0n) is 14.6. The second-order valence-electron chi connectivity index (χ2n) is 5.62. The van der Waals surface area contributed by atoms with E-state index in [2.05, 4.69) is 15.5 Å². The van der Waals surface area contributed by atoms with E-state index in [9.17, 15) is 4.79 Å². The molecule has 0 spiro atoms. The van der Waals surface area contributed by atoms with Crippen LogP contribution in [-0.4, -0.2) is 23.3 Å². The largest absolute Gasteiger partial charge is 0.462 e. The first-order valence-corrected chi connectivity index (χ1v) is 8.16. The van der Waals surface area contributed by atoms with E-state index in [0.29, 0.717) is 17.2 Å². The third-order valence-corrected chi connectivity index (χ3v) is 4.21. The molecule has 128 valence electrons. The molecule has 1 aromatic heterocycles. The van der Waals surface area contributed by atoms with Crippen LogP contribution >= 0.6 is 11.6 Å². The number of ether oxygens (including phenoxy) is 1. The van der Waals surface area contributed by atoms with Gasteiger partial charge in [0.05, 0.1) is 29.3 Å². The first-order valence-electron chi connectivity index (χ1n) is 7.78. The van der Waals surface area contributed by atoms with Gasteiger partial charge in [0.1, 0.15) is 0 Å². The second kappa shape index (κ2) is 7.53. The second-order valence-corrected chi connectivity index (χ2v) is 6.03. The summed E-state index contributed by atoms with van der Waals surface area (Å²) in [5.41, 5.74) is 8.52. The Hall–Kier alpha value is -2.27. The van der Waals surface area contributed by atoms with Gasteiger partial charge in [0.15, 0.2) is 0 Å². The number of carbonyl (C=O) groups excluding carboxylic acids is 1. The number of esters is 1. The van der Waals surface area contributed by atoms with Gasteiger partial charge < -0.3 is 9.72 Å². The first kappa shape index (κ1) is 18.1. The summed E-state index contributed by atoms with van der Waals surface area (Å²) in [6.07, 6.45) is 0. The number of aromatic nitrogens is 1. The molecular weight excluding hydrogens is 326 g/mol. The number of nitrogens with one attached hydrogen (secondary N) is 2. The molecule has 6 heteroatoms. The van der Waals surface area contributed by atoms with Crippen LogP contribution in [0, 0.1) is 20.8 Å². The summed E-state index contributed by atoms with van der Waals surface area (Å²) in [5, 5.41) is 5.07. The number of nitrogens with zero attached hydrogens (tertiary/aromatic N) is 1. The van der Waals surface area contributed by atoms with Gasteiger partial charge in [-0.15, -0.1) is 0 Å². The lowest BCUT2D eigenvalue weighted by molar-refractivity contribution is 0.0525. The number of H-pyrrole nitrogens is 1. The van der Waals surface area contributed by atoms with Crippen molar-refractivity contribution in [3.63, 3.8) is 0 Å². The lowest BCUT2D eigenvalue weighted by Gasteiger charge is -2.06. The van der Waals surface area contributed by atoms with Gasteiger partial charge in [0.25, 0.3) is 0 Å². The summed E-state index contributed by atoms with van der Waals surface area (Å²) in [7, 11) is 0. The highest BCUT2D eigenvalue weighted by Gasteiger charge is 2.20. The number of halogens is 1. The predicted octanol–water partition coefficient (Wildman–Crippen LogP) is 4.61. The van der Waals surface area contributed by atoms with Gasteiger partial charge in [-0.1, -0.05) is 17.7 Å². The summed E-state index contributed by atoms with van der Waals surface area (Å²) in [4.78, 5) is 15.3. The van der Waals surface area contributed by atoms with Crippen LogP contribution in [0.4, 0.5) is 5.69 Å². The fourth-order valence-corrected chi connectivity index (χ4v) is 2.67. The molecule has 1 heterocycles.